The van der Waals surface area contributed by atoms with Crippen LogP contribution in [0.25, 0.3) is 0 Å². The highest BCUT2D eigenvalue weighted by Gasteiger charge is 2.20. The molecule has 0 radical (unpaired) electrons. The molecule has 0 spiro atoms. The number of unbranched alkanes of at least 4 members (excludes halogenated alkanes) is 53. The molecule has 0 saturated heterocycles. The van der Waals surface area contributed by atoms with Gasteiger partial charge in [-0.3, -0.25) is 14.4 Å². The van der Waals surface area contributed by atoms with Crippen LogP contribution < -0.4 is 0 Å². The van der Waals surface area contributed by atoms with Crippen molar-refractivity contribution in [3.05, 3.63) is 36.5 Å². The molecule has 0 aromatic heterocycles. The predicted molar refractivity (Wildman–Crippen MR) is 362 cm³/mol. The van der Waals surface area contributed by atoms with Crippen molar-refractivity contribution in [1.82, 2.24) is 0 Å². The summed E-state index contributed by atoms with van der Waals surface area (Å²) in [6, 6.07) is 0. The summed E-state index contributed by atoms with van der Waals surface area (Å²) >= 11 is 0. The van der Waals surface area contributed by atoms with Crippen molar-refractivity contribution >= 4 is 17.9 Å². The van der Waals surface area contributed by atoms with Crippen molar-refractivity contribution in [2.45, 2.75) is 425 Å². The van der Waals surface area contributed by atoms with Crippen LogP contribution in [-0.4, -0.2) is 37.2 Å². The fraction of sp³-hybridized carbons (Fsp3) is 0.883. The van der Waals surface area contributed by atoms with E-state index in [1.807, 2.05) is 0 Å². The molecule has 0 bridgehead atoms. The van der Waals surface area contributed by atoms with Gasteiger partial charge in [0, 0.05) is 19.3 Å². The summed E-state index contributed by atoms with van der Waals surface area (Å²) < 4.78 is 17.1. The minimum atomic E-state index is -0.774. The lowest BCUT2D eigenvalue weighted by molar-refractivity contribution is -0.167. The van der Waals surface area contributed by atoms with Crippen molar-refractivity contribution in [3.63, 3.8) is 0 Å². The van der Waals surface area contributed by atoms with Crippen molar-refractivity contribution < 1.29 is 28.6 Å². The van der Waals surface area contributed by atoms with Crippen LogP contribution >= 0.6 is 0 Å². The van der Waals surface area contributed by atoms with Crippen molar-refractivity contribution in [2.24, 2.45) is 0 Å². The lowest BCUT2D eigenvalue weighted by atomic mass is 10.0. The van der Waals surface area contributed by atoms with E-state index in [-0.39, 0.29) is 31.1 Å². The SMILES string of the molecule is CCCCC/C=C\C/C=C\CCCCCCCCCCCC(=O)OCC(COC(=O)CCCCCCCCCCCCC/C=C\CCCCCCCCCC)OC(=O)CCCCCCCCCCCCCCCCCCCCCCCCC. The van der Waals surface area contributed by atoms with Crippen molar-refractivity contribution in [2.75, 3.05) is 13.2 Å². The van der Waals surface area contributed by atoms with E-state index in [1.54, 1.807) is 0 Å². The minimum Gasteiger partial charge on any atom is -0.462 e. The molecule has 1 unspecified atom stereocenters. The molecule has 0 aromatic rings. The van der Waals surface area contributed by atoms with Gasteiger partial charge in [0.15, 0.2) is 6.10 Å². The number of carbonyl (C=O) groups excluding carboxylic acids is 3. The minimum absolute atomic E-state index is 0.0686. The molecule has 83 heavy (non-hydrogen) atoms. The molecular formula is C77H144O6. The molecule has 0 aliphatic rings. The quantitative estimate of drug-likeness (QED) is 0.0261. The van der Waals surface area contributed by atoms with Gasteiger partial charge < -0.3 is 14.2 Å². The molecule has 0 heterocycles. The number of carbonyl (C=O) groups is 3. The highest BCUT2D eigenvalue weighted by molar-refractivity contribution is 5.71. The van der Waals surface area contributed by atoms with Crippen LogP contribution in [-0.2, 0) is 28.6 Å². The number of ether oxygens (including phenoxy) is 3. The van der Waals surface area contributed by atoms with E-state index in [4.69, 9.17) is 14.2 Å². The van der Waals surface area contributed by atoms with E-state index in [2.05, 4.69) is 57.2 Å². The smallest absolute Gasteiger partial charge is 0.306 e. The van der Waals surface area contributed by atoms with Gasteiger partial charge in [0.05, 0.1) is 0 Å². The van der Waals surface area contributed by atoms with Crippen LogP contribution in [0.1, 0.15) is 419 Å². The third-order valence-electron chi connectivity index (χ3n) is 17.1. The second kappa shape index (κ2) is 72.1. The maximum absolute atomic E-state index is 13.0. The first-order valence-electron chi connectivity index (χ1n) is 37.5. The second-order valence-electron chi connectivity index (χ2n) is 25.6. The van der Waals surface area contributed by atoms with Crippen molar-refractivity contribution in [3.8, 4) is 0 Å². The Bertz CT molecular complexity index is 1380. The molecule has 488 valence electrons. The molecule has 0 rings (SSSR count). The molecule has 0 aliphatic carbocycles. The Morgan fingerprint density at radius 1 is 0.241 bits per heavy atom. The topological polar surface area (TPSA) is 78.9 Å². The van der Waals surface area contributed by atoms with Gasteiger partial charge in [-0.05, 0) is 77.0 Å². The Morgan fingerprint density at radius 3 is 0.699 bits per heavy atom. The van der Waals surface area contributed by atoms with Gasteiger partial charge in [-0.25, -0.2) is 0 Å². The molecule has 0 aromatic carbocycles. The van der Waals surface area contributed by atoms with Crippen LogP contribution in [0, 0.1) is 0 Å². The molecule has 0 fully saturated rings. The van der Waals surface area contributed by atoms with Crippen LogP contribution in [0.5, 0.6) is 0 Å². The summed E-state index contributed by atoms with van der Waals surface area (Å²) in [5.41, 5.74) is 0. The van der Waals surface area contributed by atoms with E-state index >= 15 is 0 Å². The molecule has 0 saturated carbocycles. The van der Waals surface area contributed by atoms with E-state index in [9.17, 15) is 14.4 Å². The number of allylic oxidation sites excluding steroid dienone is 6. The Morgan fingerprint density at radius 2 is 0.434 bits per heavy atom. The lowest BCUT2D eigenvalue weighted by Crippen LogP contribution is -2.30. The van der Waals surface area contributed by atoms with E-state index in [0.717, 1.165) is 64.2 Å². The number of rotatable bonds is 70. The molecule has 6 heteroatoms. The normalized spacial score (nSPS) is 12.2. The summed E-state index contributed by atoms with van der Waals surface area (Å²) in [6.07, 6.45) is 90.4. The molecule has 1 atom stereocenters. The Balaban J connectivity index is 4.30. The molecule has 0 amide bonds. The number of hydrogen-bond acceptors (Lipinski definition) is 6. The van der Waals surface area contributed by atoms with Gasteiger partial charge >= 0.3 is 17.9 Å². The highest BCUT2D eigenvalue weighted by atomic mass is 16.6. The Kier molecular flexibility index (Phi) is 70.0. The van der Waals surface area contributed by atoms with Crippen molar-refractivity contribution in [1.29, 1.82) is 0 Å². The number of esters is 3. The molecule has 0 N–H and O–H groups in total. The first-order valence-corrected chi connectivity index (χ1v) is 37.5. The van der Waals surface area contributed by atoms with Gasteiger partial charge in [-0.2, -0.15) is 0 Å². The first-order chi connectivity index (χ1) is 41.0. The Hall–Kier alpha value is -2.37. The van der Waals surface area contributed by atoms with Gasteiger partial charge in [0.1, 0.15) is 13.2 Å². The maximum atomic E-state index is 13.0. The largest absolute Gasteiger partial charge is 0.462 e. The predicted octanol–water partition coefficient (Wildman–Crippen LogP) is 25.9. The average molecular weight is 1170 g/mol. The summed E-state index contributed by atoms with van der Waals surface area (Å²) in [5.74, 6) is -0.840. The fourth-order valence-corrected chi connectivity index (χ4v) is 11.5. The van der Waals surface area contributed by atoms with Gasteiger partial charge in [0.25, 0.3) is 0 Å². The van der Waals surface area contributed by atoms with E-state index < -0.39 is 6.10 Å². The third-order valence-corrected chi connectivity index (χ3v) is 17.1. The van der Waals surface area contributed by atoms with Crippen LogP contribution in [0.15, 0.2) is 36.5 Å². The van der Waals surface area contributed by atoms with Crippen LogP contribution in [0.3, 0.4) is 0 Å². The average Bonchev–Trinajstić information content (AvgIpc) is 3.49. The first kappa shape index (κ1) is 80.6. The zero-order valence-electron chi connectivity index (χ0n) is 56.2. The Labute approximate surface area is 518 Å². The maximum Gasteiger partial charge on any atom is 0.306 e. The van der Waals surface area contributed by atoms with Gasteiger partial charge in [-0.1, -0.05) is 359 Å². The summed E-state index contributed by atoms with van der Waals surface area (Å²) in [6.45, 7) is 6.70. The summed E-state index contributed by atoms with van der Waals surface area (Å²) in [7, 11) is 0. The third kappa shape index (κ3) is 70.3. The molecular weight excluding hydrogens is 1020 g/mol. The van der Waals surface area contributed by atoms with E-state index in [0.29, 0.717) is 19.3 Å². The van der Waals surface area contributed by atoms with Crippen LogP contribution in [0.4, 0.5) is 0 Å². The highest BCUT2D eigenvalue weighted by Crippen LogP contribution is 2.19. The molecule has 0 aliphatic heterocycles. The number of hydrogen-bond donors (Lipinski definition) is 0. The van der Waals surface area contributed by atoms with E-state index in [1.165, 1.54) is 315 Å². The van der Waals surface area contributed by atoms with Crippen LogP contribution in [0.2, 0.25) is 0 Å². The molecule has 6 nitrogen and oxygen atoms in total. The van der Waals surface area contributed by atoms with Gasteiger partial charge in [-0.15, -0.1) is 0 Å². The fourth-order valence-electron chi connectivity index (χ4n) is 11.5. The summed E-state index contributed by atoms with van der Waals surface area (Å²) in [4.78, 5) is 38.6. The zero-order valence-corrected chi connectivity index (χ0v) is 56.2. The second-order valence-corrected chi connectivity index (χ2v) is 25.6. The van der Waals surface area contributed by atoms with Gasteiger partial charge in [0.2, 0.25) is 0 Å². The summed E-state index contributed by atoms with van der Waals surface area (Å²) in [5, 5.41) is 0. The standard InChI is InChI=1S/C77H144O6/c1-4-7-10-13-16-19-22-25-28-31-34-36-38-40-43-46-49-52-55-58-61-64-67-70-76(79)82-73-74(72-81-75(78)69-66-63-60-57-54-51-48-45-42-33-30-27-24-21-18-15-12-9-6-3)83-77(80)71-68-65-62-59-56-53-50-47-44-41-39-37-35-32-29-26-23-20-17-14-11-8-5-2/h18,21,27,30-31,34,74H,4-17,19-20,22-26,28-29,32-33,35-73H2,1-3H3/b21-18-,30-27-,34-31-. The monoisotopic (exact) mass is 1170 g/mol. The zero-order chi connectivity index (χ0) is 59.9. The lowest BCUT2D eigenvalue weighted by Gasteiger charge is -2.18.